The Hall–Kier alpha value is -2.71. The van der Waals surface area contributed by atoms with Crippen LogP contribution in [0.25, 0.3) is 0 Å². The van der Waals surface area contributed by atoms with E-state index in [4.69, 9.17) is 9.47 Å². The fraction of sp³-hybridized carbons (Fsp3) is 0.607. The first-order valence-corrected chi connectivity index (χ1v) is 13.4. The minimum Gasteiger partial charge on any atom is -0.382 e. The van der Waals surface area contributed by atoms with Gasteiger partial charge in [-0.3, -0.25) is 14.4 Å². The van der Waals surface area contributed by atoms with Crippen LogP contribution < -0.4 is 10.6 Å². The summed E-state index contributed by atoms with van der Waals surface area (Å²) in [5.74, 6) is -2.04. The zero-order valence-electron chi connectivity index (χ0n) is 21.2. The molecule has 2 saturated heterocycles. The predicted molar refractivity (Wildman–Crippen MR) is 135 cm³/mol. The van der Waals surface area contributed by atoms with Crippen molar-refractivity contribution in [3.63, 3.8) is 0 Å². The van der Waals surface area contributed by atoms with E-state index in [1.165, 1.54) is 6.42 Å². The van der Waals surface area contributed by atoms with Crippen LogP contribution in [0.2, 0.25) is 0 Å². The number of nitrogens with zero attached hydrogens (tertiary/aromatic N) is 1. The van der Waals surface area contributed by atoms with Gasteiger partial charge in [0.25, 0.3) is 0 Å². The van der Waals surface area contributed by atoms with Gasteiger partial charge in [-0.05, 0) is 45.2 Å². The van der Waals surface area contributed by atoms with Crippen molar-refractivity contribution in [2.45, 2.75) is 76.2 Å². The van der Waals surface area contributed by atoms with E-state index < -0.39 is 29.6 Å². The van der Waals surface area contributed by atoms with Crippen LogP contribution in [0.3, 0.4) is 0 Å². The van der Waals surface area contributed by atoms with E-state index in [2.05, 4.69) is 10.6 Å². The van der Waals surface area contributed by atoms with E-state index in [0.717, 1.165) is 31.2 Å². The summed E-state index contributed by atoms with van der Waals surface area (Å²) >= 11 is 0. The molecule has 1 aromatic rings. The molecule has 5 rings (SSSR count). The highest BCUT2D eigenvalue weighted by molar-refractivity contribution is 6.02. The lowest BCUT2D eigenvalue weighted by molar-refractivity contribution is -0.141. The van der Waals surface area contributed by atoms with E-state index in [9.17, 15) is 14.4 Å². The Bertz CT molecular complexity index is 1020. The number of benzene rings is 1. The van der Waals surface area contributed by atoms with Gasteiger partial charge in [0.05, 0.1) is 17.9 Å². The van der Waals surface area contributed by atoms with Gasteiger partial charge >= 0.3 is 0 Å². The molecule has 3 aliphatic heterocycles. The fourth-order valence-corrected chi connectivity index (χ4v) is 6.38. The van der Waals surface area contributed by atoms with Crippen LogP contribution in [-0.2, 0) is 23.9 Å². The molecule has 0 aromatic heterocycles. The Morgan fingerprint density at radius 1 is 1.14 bits per heavy atom. The van der Waals surface area contributed by atoms with Crippen molar-refractivity contribution >= 4 is 23.4 Å². The topological polar surface area (TPSA) is 97.0 Å². The Balaban J connectivity index is 1.40. The average Bonchev–Trinajstić information content (AvgIpc) is 3.51. The van der Waals surface area contributed by atoms with Crippen molar-refractivity contribution in [1.82, 2.24) is 10.2 Å². The molecule has 8 nitrogen and oxygen atoms in total. The number of aryl methyl sites for hydroxylation is 1. The van der Waals surface area contributed by atoms with Crippen LogP contribution in [0.15, 0.2) is 36.4 Å². The minimum absolute atomic E-state index is 0.116. The summed E-state index contributed by atoms with van der Waals surface area (Å²) in [5.41, 5.74) is 0.650. The highest BCUT2D eigenvalue weighted by Crippen LogP contribution is 2.55. The summed E-state index contributed by atoms with van der Waals surface area (Å²) in [4.78, 5) is 42.7. The highest BCUT2D eigenvalue weighted by Gasteiger charge is 2.72. The van der Waals surface area contributed by atoms with Crippen molar-refractivity contribution in [2.24, 2.45) is 11.8 Å². The number of rotatable bonds is 9. The molecule has 8 heteroatoms. The van der Waals surface area contributed by atoms with Gasteiger partial charge in [-0.1, -0.05) is 49.1 Å². The van der Waals surface area contributed by atoms with Crippen LogP contribution in [0.4, 0.5) is 5.69 Å². The molecule has 1 spiro atoms. The number of hydrogen-bond acceptors (Lipinski definition) is 5. The zero-order valence-corrected chi connectivity index (χ0v) is 21.2. The number of nitrogens with one attached hydrogen (secondary N) is 2. The Labute approximate surface area is 212 Å². The Kier molecular flexibility index (Phi) is 7.17. The third-order valence-electron chi connectivity index (χ3n) is 8.09. The molecule has 4 aliphatic rings. The standard InChI is InChI=1S/C28H37N3O5/c1-3-35-17-7-16-31-24(26(33)30-19-8-5-4-6-9-19)28-15-14-21(36-28)22(23(28)27(31)34)25(32)29-20-12-10-18(2)11-13-20/h10-15,19,21-24H,3-9,16-17H2,1-2H3,(H,29,32)(H,30,33)/t21-,22-,23-,24-,28+/m1/s1. The fourth-order valence-electron chi connectivity index (χ4n) is 6.38. The first kappa shape index (κ1) is 25.0. The van der Waals surface area contributed by atoms with Gasteiger partial charge in [0.1, 0.15) is 11.6 Å². The predicted octanol–water partition coefficient (Wildman–Crippen LogP) is 2.96. The lowest BCUT2D eigenvalue weighted by Gasteiger charge is -2.34. The van der Waals surface area contributed by atoms with Gasteiger partial charge in [0.2, 0.25) is 17.7 Å². The van der Waals surface area contributed by atoms with E-state index >= 15 is 0 Å². The van der Waals surface area contributed by atoms with Crippen LogP contribution >= 0.6 is 0 Å². The van der Waals surface area contributed by atoms with Gasteiger partial charge in [-0.2, -0.15) is 0 Å². The summed E-state index contributed by atoms with van der Waals surface area (Å²) in [6, 6.07) is 6.89. The van der Waals surface area contributed by atoms with E-state index in [1.54, 1.807) is 4.90 Å². The van der Waals surface area contributed by atoms with Gasteiger partial charge < -0.3 is 25.0 Å². The molecule has 3 heterocycles. The van der Waals surface area contributed by atoms with E-state index in [0.29, 0.717) is 31.9 Å². The maximum Gasteiger partial charge on any atom is 0.246 e. The first-order chi connectivity index (χ1) is 17.4. The monoisotopic (exact) mass is 495 g/mol. The Morgan fingerprint density at radius 3 is 2.61 bits per heavy atom. The van der Waals surface area contributed by atoms with Crippen LogP contribution in [0.5, 0.6) is 0 Å². The summed E-state index contributed by atoms with van der Waals surface area (Å²) in [7, 11) is 0. The van der Waals surface area contributed by atoms with Crippen LogP contribution in [0, 0.1) is 18.8 Å². The molecule has 5 atom stereocenters. The second-order valence-electron chi connectivity index (χ2n) is 10.5. The lowest BCUT2D eigenvalue weighted by atomic mass is 9.74. The number of anilines is 1. The van der Waals surface area contributed by atoms with E-state index in [-0.39, 0.29) is 23.8 Å². The molecular weight excluding hydrogens is 458 g/mol. The third kappa shape index (κ3) is 4.45. The molecule has 1 saturated carbocycles. The van der Waals surface area contributed by atoms with Gasteiger partial charge in [0, 0.05) is 31.5 Å². The number of amides is 3. The first-order valence-electron chi connectivity index (χ1n) is 13.4. The van der Waals surface area contributed by atoms with Gasteiger partial charge in [0.15, 0.2) is 0 Å². The van der Waals surface area contributed by atoms with Crippen molar-refractivity contribution < 1.29 is 23.9 Å². The van der Waals surface area contributed by atoms with E-state index in [1.807, 2.05) is 50.3 Å². The maximum absolute atomic E-state index is 13.9. The summed E-state index contributed by atoms with van der Waals surface area (Å²) in [6.07, 6.45) is 9.09. The van der Waals surface area contributed by atoms with Crippen molar-refractivity contribution in [1.29, 1.82) is 0 Å². The van der Waals surface area contributed by atoms with Crippen molar-refractivity contribution in [2.75, 3.05) is 25.1 Å². The van der Waals surface area contributed by atoms with Crippen LogP contribution in [-0.4, -0.2) is 66.2 Å². The third-order valence-corrected chi connectivity index (χ3v) is 8.09. The molecule has 2 N–H and O–H groups in total. The number of hydrogen-bond donors (Lipinski definition) is 2. The number of likely N-dealkylation sites (tertiary alicyclic amines) is 1. The number of carbonyl (C=O) groups excluding carboxylic acids is 3. The second kappa shape index (κ2) is 10.3. The second-order valence-corrected chi connectivity index (χ2v) is 10.5. The normalized spacial score (nSPS) is 31.1. The molecule has 36 heavy (non-hydrogen) atoms. The number of carbonyl (C=O) groups is 3. The number of ether oxygens (including phenoxy) is 2. The molecule has 3 fully saturated rings. The summed E-state index contributed by atoms with van der Waals surface area (Å²) in [6.45, 7) is 5.40. The molecular formula is C28H37N3O5. The summed E-state index contributed by atoms with van der Waals surface area (Å²) in [5, 5.41) is 6.18. The molecule has 2 bridgehead atoms. The van der Waals surface area contributed by atoms with Crippen molar-refractivity contribution in [3.8, 4) is 0 Å². The smallest absolute Gasteiger partial charge is 0.246 e. The molecule has 1 aromatic carbocycles. The SMILES string of the molecule is CCOCCCN1C(=O)[C@H]2[C@H](C(=O)Nc3ccc(C)cc3)[C@H]3C=C[C@@]2(O3)[C@H]1C(=O)NC1CCCCC1. The van der Waals surface area contributed by atoms with Crippen LogP contribution in [0.1, 0.15) is 51.0 Å². The lowest BCUT2D eigenvalue weighted by Crippen LogP contribution is -2.56. The molecule has 1 aliphatic carbocycles. The number of fused-ring (bicyclic) bond motifs is 1. The largest absolute Gasteiger partial charge is 0.382 e. The highest BCUT2D eigenvalue weighted by atomic mass is 16.5. The molecule has 0 radical (unpaired) electrons. The quantitative estimate of drug-likeness (QED) is 0.406. The maximum atomic E-state index is 13.9. The van der Waals surface area contributed by atoms with Gasteiger partial charge in [-0.15, -0.1) is 0 Å². The molecule has 194 valence electrons. The summed E-state index contributed by atoms with van der Waals surface area (Å²) < 4.78 is 11.9. The Morgan fingerprint density at radius 2 is 1.89 bits per heavy atom. The zero-order chi connectivity index (χ0) is 25.3. The molecule has 0 unspecified atom stereocenters. The minimum atomic E-state index is -1.12. The van der Waals surface area contributed by atoms with Crippen molar-refractivity contribution in [3.05, 3.63) is 42.0 Å². The molecule has 3 amide bonds. The van der Waals surface area contributed by atoms with Gasteiger partial charge in [-0.25, -0.2) is 0 Å². The average molecular weight is 496 g/mol.